The Balaban J connectivity index is 0. The minimum absolute atomic E-state index is 0.0694. The number of hydrogen-bond donors (Lipinski definition) is 4. The Kier molecular flexibility index (Phi) is 36.0. The summed E-state index contributed by atoms with van der Waals surface area (Å²) in [5, 5.41) is 25.5. The van der Waals surface area contributed by atoms with Crippen LogP contribution in [0.5, 0.6) is 0 Å². The van der Waals surface area contributed by atoms with Gasteiger partial charge >= 0.3 is 7.82 Å². The molecule has 0 saturated carbocycles. The normalized spacial score (nSPS) is 11.7. The van der Waals surface area contributed by atoms with E-state index in [1.165, 1.54) is 103 Å². The van der Waals surface area contributed by atoms with E-state index in [1.807, 2.05) is 0 Å². The molecule has 0 rings (SSSR count). The third kappa shape index (κ3) is 35.9. The molecule has 8 nitrogen and oxygen atoms in total. The zero-order valence-electron chi connectivity index (χ0n) is 25.7. The molecule has 0 heterocycles. The summed E-state index contributed by atoms with van der Waals surface area (Å²) in [6, 6.07) is 0. The van der Waals surface area contributed by atoms with Crippen molar-refractivity contribution in [3.8, 4) is 0 Å². The molecule has 0 aromatic carbocycles. The van der Waals surface area contributed by atoms with Gasteiger partial charge in [-0.15, -0.1) is 0 Å². The van der Waals surface area contributed by atoms with Crippen LogP contribution < -0.4 is 0 Å². The van der Waals surface area contributed by atoms with Gasteiger partial charge < -0.3 is 20.2 Å². The highest BCUT2D eigenvalue weighted by Crippen LogP contribution is 2.43. The average Bonchev–Trinajstić information content (AvgIpc) is 2.91. The highest BCUT2D eigenvalue weighted by molar-refractivity contribution is 7.47. The second-order valence-electron chi connectivity index (χ2n) is 10.5. The molecule has 0 aromatic heterocycles. The molecule has 0 bridgehead atoms. The van der Waals surface area contributed by atoms with Crippen LogP contribution >= 0.6 is 7.82 Å². The number of unbranched alkanes of at least 4 members (excludes halogenated alkanes) is 18. The van der Waals surface area contributed by atoms with E-state index in [4.69, 9.17) is 24.4 Å². The van der Waals surface area contributed by atoms with E-state index in [0.717, 1.165) is 25.7 Å². The van der Waals surface area contributed by atoms with Crippen LogP contribution in [0.15, 0.2) is 0 Å². The standard InChI is InChI=1S/C24H51O4P.C6H15NO3/c1-3-5-7-9-11-13-15-17-19-21-23-27-29(25,26)28-24-22-20-18-16-14-12-10-8-6-4-2;8-4-1-7(2-5-9)3-6-10/h3-24H2,1-2H3,(H,25,26);8-10H,1-6H2. The quantitative estimate of drug-likeness (QED) is 0.0517. The maximum Gasteiger partial charge on any atom is 0.472 e. The molecule has 9 heteroatoms. The second kappa shape index (κ2) is 34.2. The molecule has 0 aliphatic heterocycles. The van der Waals surface area contributed by atoms with Gasteiger partial charge in [0.05, 0.1) is 33.0 Å². The van der Waals surface area contributed by atoms with Crippen LogP contribution in [-0.4, -0.2) is 77.8 Å². The maximum absolute atomic E-state index is 11.8. The summed E-state index contributed by atoms with van der Waals surface area (Å²) in [7, 11) is -3.85. The molecule has 0 saturated heterocycles. The number of hydrogen-bond acceptors (Lipinski definition) is 7. The predicted molar refractivity (Wildman–Crippen MR) is 163 cm³/mol. The molecule has 0 radical (unpaired) electrons. The SMILES string of the molecule is CCCCCCCCCCCCOP(=O)(O)OCCCCCCCCCCCC.OCCN(CCO)CCO. The lowest BCUT2D eigenvalue weighted by molar-refractivity contribution is 0.136. The lowest BCUT2D eigenvalue weighted by Gasteiger charge is -2.17. The maximum atomic E-state index is 11.8. The number of rotatable bonds is 30. The van der Waals surface area contributed by atoms with Crippen molar-refractivity contribution in [2.75, 3.05) is 52.7 Å². The zero-order chi connectivity index (χ0) is 29.3. The van der Waals surface area contributed by atoms with Crippen molar-refractivity contribution in [1.29, 1.82) is 0 Å². The minimum atomic E-state index is -3.85. The van der Waals surface area contributed by atoms with E-state index in [9.17, 15) is 9.46 Å². The van der Waals surface area contributed by atoms with Crippen LogP contribution in [-0.2, 0) is 13.6 Å². The molecule has 0 aromatic rings. The smallest absolute Gasteiger partial charge is 0.395 e. The zero-order valence-corrected chi connectivity index (χ0v) is 26.6. The molecule has 0 amide bonds. The van der Waals surface area contributed by atoms with E-state index in [2.05, 4.69) is 13.8 Å². The highest BCUT2D eigenvalue weighted by atomic mass is 31.2. The van der Waals surface area contributed by atoms with E-state index >= 15 is 0 Å². The first-order chi connectivity index (χ1) is 19.0. The number of aliphatic hydroxyl groups excluding tert-OH is 3. The summed E-state index contributed by atoms with van der Waals surface area (Å²) < 4.78 is 22.0. The van der Waals surface area contributed by atoms with Crippen LogP contribution in [0.4, 0.5) is 0 Å². The fraction of sp³-hybridized carbons (Fsp3) is 1.00. The third-order valence-corrected chi connectivity index (χ3v) is 7.77. The number of phosphoric ester groups is 1. The molecule has 0 unspecified atom stereocenters. The van der Waals surface area contributed by atoms with Gasteiger partial charge in [0, 0.05) is 19.6 Å². The van der Waals surface area contributed by atoms with Gasteiger partial charge in [-0.2, -0.15) is 0 Å². The van der Waals surface area contributed by atoms with Crippen LogP contribution in [0, 0.1) is 0 Å². The molecule has 0 spiro atoms. The summed E-state index contributed by atoms with van der Waals surface area (Å²) in [4.78, 5) is 11.5. The predicted octanol–water partition coefficient (Wildman–Crippen LogP) is 7.23. The monoisotopic (exact) mass is 583 g/mol. The number of phosphoric acid groups is 1. The Morgan fingerprint density at radius 3 is 1.00 bits per heavy atom. The Hall–Kier alpha value is -0.0500. The van der Waals surface area contributed by atoms with E-state index in [-0.39, 0.29) is 19.8 Å². The van der Waals surface area contributed by atoms with Gasteiger partial charge in [-0.3, -0.25) is 13.9 Å². The number of aliphatic hydroxyl groups is 3. The summed E-state index contributed by atoms with van der Waals surface area (Å²) in [5.74, 6) is 0. The van der Waals surface area contributed by atoms with Crippen LogP contribution in [0.25, 0.3) is 0 Å². The summed E-state index contributed by atoms with van der Waals surface area (Å²) >= 11 is 0. The van der Waals surface area contributed by atoms with Gasteiger partial charge in [-0.1, -0.05) is 129 Å². The number of nitrogens with zero attached hydrogens (tertiary/aromatic N) is 1. The molecular formula is C30H66NO7P. The summed E-state index contributed by atoms with van der Waals surface area (Å²) in [6.07, 6.45) is 24.8. The van der Waals surface area contributed by atoms with Gasteiger partial charge in [-0.25, -0.2) is 4.57 Å². The summed E-state index contributed by atoms with van der Waals surface area (Å²) in [6.45, 7) is 6.89. The summed E-state index contributed by atoms with van der Waals surface area (Å²) in [5.41, 5.74) is 0. The van der Waals surface area contributed by atoms with E-state index < -0.39 is 7.82 Å². The van der Waals surface area contributed by atoms with Gasteiger partial charge in [0.2, 0.25) is 0 Å². The largest absolute Gasteiger partial charge is 0.472 e. The second-order valence-corrected chi connectivity index (χ2v) is 12.0. The highest BCUT2D eigenvalue weighted by Gasteiger charge is 2.19. The molecule has 238 valence electrons. The average molecular weight is 584 g/mol. The van der Waals surface area contributed by atoms with Crippen molar-refractivity contribution in [1.82, 2.24) is 4.90 Å². The fourth-order valence-electron chi connectivity index (χ4n) is 4.34. The Labute approximate surface area is 241 Å². The van der Waals surface area contributed by atoms with Crippen LogP contribution in [0.2, 0.25) is 0 Å². The molecule has 0 aliphatic carbocycles. The Morgan fingerprint density at radius 2 is 0.744 bits per heavy atom. The van der Waals surface area contributed by atoms with Crippen molar-refractivity contribution in [3.05, 3.63) is 0 Å². The Bertz CT molecular complexity index is 456. The first-order valence-electron chi connectivity index (χ1n) is 16.1. The van der Waals surface area contributed by atoms with Crippen molar-refractivity contribution in [3.63, 3.8) is 0 Å². The first-order valence-corrected chi connectivity index (χ1v) is 17.6. The lowest BCUT2D eigenvalue weighted by atomic mass is 10.1. The molecule has 39 heavy (non-hydrogen) atoms. The van der Waals surface area contributed by atoms with Crippen molar-refractivity contribution >= 4 is 7.82 Å². The minimum Gasteiger partial charge on any atom is -0.395 e. The van der Waals surface area contributed by atoms with Gasteiger partial charge in [0.15, 0.2) is 0 Å². The molecule has 0 atom stereocenters. The fourth-order valence-corrected chi connectivity index (χ4v) is 5.13. The molecule has 0 aliphatic rings. The molecular weight excluding hydrogens is 517 g/mol. The Morgan fingerprint density at radius 1 is 0.487 bits per heavy atom. The van der Waals surface area contributed by atoms with Crippen LogP contribution in [0.3, 0.4) is 0 Å². The van der Waals surface area contributed by atoms with Crippen molar-refractivity contribution in [2.24, 2.45) is 0 Å². The van der Waals surface area contributed by atoms with Crippen LogP contribution in [0.1, 0.15) is 142 Å². The van der Waals surface area contributed by atoms with Crippen molar-refractivity contribution in [2.45, 2.75) is 142 Å². The first kappa shape index (κ1) is 41.1. The van der Waals surface area contributed by atoms with Crippen molar-refractivity contribution < 1.29 is 33.8 Å². The van der Waals surface area contributed by atoms with E-state index in [0.29, 0.717) is 32.8 Å². The van der Waals surface area contributed by atoms with Gasteiger partial charge in [0.1, 0.15) is 0 Å². The van der Waals surface area contributed by atoms with Gasteiger partial charge in [-0.05, 0) is 12.8 Å². The molecule has 4 N–H and O–H groups in total. The topological polar surface area (TPSA) is 120 Å². The molecule has 0 fully saturated rings. The van der Waals surface area contributed by atoms with E-state index in [1.54, 1.807) is 4.90 Å². The third-order valence-electron chi connectivity index (χ3n) is 6.75. The van der Waals surface area contributed by atoms with Gasteiger partial charge in [0.25, 0.3) is 0 Å². The lowest BCUT2D eigenvalue weighted by Crippen LogP contribution is -2.32.